The summed E-state index contributed by atoms with van der Waals surface area (Å²) in [7, 11) is 3.07. The SMILES string of the molecule is COc1c(F)cc(Cn2ccnc2-c2cc(C)c(=O)n(C)c2)cc1Cl. The molecular weight excluding hydrogens is 345 g/mol. The van der Waals surface area contributed by atoms with Gasteiger partial charge in [-0.3, -0.25) is 4.79 Å². The molecule has 25 heavy (non-hydrogen) atoms. The Labute approximate surface area is 149 Å². The van der Waals surface area contributed by atoms with Gasteiger partial charge < -0.3 is 13.9 Å². The van der Waals surface area contributed by atoms with Gasteiger partial charge in [0.1, 0.15) is 5.82 Å². The molecule has 130 valence electrons. The second kappa shape index (κ2) is 6.72. The quantitative estimate of drug-likeness (QED) is 0.715. The number of benzene rings is 1. The number of pyridine rings is 1. The van der Waals surface area contributed by atoms with Gasteiger partial charge in [-0.1, -0.05) is 11.6 Å². The first-order valence-electron chi connectivity index (χ1n) is 7.61. The zero-order valence-corrected chi connectivity index (χ0v) is 14.8. The van der Waals surface area contributed by atoms with Gasteiger partial charge in [0.25, 0.3) is 5.56 Å². The van der Waals surface area contributed by atoms with Crippen molar-refractivity contribution in [2.75, 3.05) is 7.11 Å². The molecule has 0 aliphatic rings. The van der Waals surface area contributed by atoms with Crippen LogP contribution in [0.4, 0.5) is 4.39 Å². The van der Waals surface area contributed by atoms with E-state index in [0.717, 1.165) is 5.56 Å². The molecule has 0 bridgehead atoms. The van der Waals surface area contributed by atoms with Gasteiger partial charge >= 0.3 is 0 Å². The average molecular weight is 362 g/mol. The van der Waals surface area contributed by atoms with Gasteiger partial charge in [0.2, 0.25) is 0 Å². The van der Waals surface area contributed by atoms with Crippen LogP contribution >= 0.6 is 11.6 Å². The fourth-order valence-electron chi connectivity index (χ4n) is 2.79. The molecule has 1 aromatic carbocycles. The lowest BCUT2D eigenvalue weighted by atomic mass is 10.1. The minimum absolute atomic E-state index is 0.0324. The number of rotatable bonds is 4. The number of nitrogens with zero attached hydrogens (tertiary/aromatic N) is 3. The van der Waals surface area contributed by atoms with E-state index in [9.17, 15) is 9.18 Å². The minimum Gasteiger partial charge on any atom is -0.492 e. The monoisotopic (exact) mass is 361 g/mol. The largest absolute Gasteiger partial charge is 0.492 e. The number of hydrogen-bond donors (Lipinski definition) is 0. The fraction of sp³-hybridized carbons (Fsp3) is 0.222. The lowest BCUT2D eigenvalue weighted by molar-refractivity contribution is 0.386. The van der Waals surface area contributed by atoms with Crippen LogP contribution in [0, 0.1) is 12.7 Å². The van der Waals surface area contributed by atoms with Crippen LogP contribution in [0.5, 0.6) is 5.75 Å². The summed E-state index contributed by atoms with van der Waals surface area (Å²) in [5.41, 5.74) is 2.08. The van der Waals surface area contributed by atoms with E-state index in [4.69, 9.17) is 16.3 Å². The molecule has 0 unspecified atom stereocenters. The van der Waals surface area contributed by atoms with E-state index < -0.39 is 5.82 Å². The Morgan fingerprint density at radius 2 is 2.08 bits per heavy atom. The van der Waals surface area contributed by atoms with Gasteiger partial charge in [-0.25, -0.2) is 9.37 Å². The van der Waals surface area contributed by atoms with Gasteiger partial charge in [0.15, 0.2) is 11.6 Å². The van der Waals surface area contributed by atoms with Crippen LogP contribution in [-0.2, 0) is 13.6 Å². The third-order valence-electron chi connectivity index (χ3n) is 3.95. The van der Waals surface area contributed by atoms with Crippen LogP contribution in [0.2, 0.25) is 5.02 Å². The zero-order chi connectivity index (χ0) is 18.1. The minimum atomic E-state index is -0.510. The average Bonchev–Trinajstić information content (AvgIpc) is 3.00. The molecule has 2 aromatic heterocycles. The molecule has 0 N–H and O–H groups in total. The molecule has 5 nitrogen and oxygen atoms in total. The summed E-state index contributed by atoms with van der Waals surface area (Å²) >= 11 is 6.06. The van der Waals surface area contributed by atoms with Crippen LogP contribution in [0.15, 0.2) is 41.6 Å². The van der Waals surface area contributed by atoms with E-state index in [2.05, 4.69) is 4.98 Å². The van der Waals surface area contributed by atoms with Crippen LogP contribution in [0.1, 0.15) is 11.1 Å². The Morgan fingerprint density at radius 1 is 1.32 bits per heavy atom. The highest BCUT2D eigenvalue weighted by Crippen LogP contribution is 2.29. The van der Waals surface area contributed by atoms with E-state index in [1.807, 2.05) is 4.57 Å². The Hall–Kier alpha value is -2.60. The number of aryl methyl sites for hydroxylation is 2. The van der Waals surface area contributed by atoms with E-state index in [1.54, 1.807) is 44.7 Å². The smallest absolute Gasteiger partial charge is 0.253 e. The fourth-order valence-corrected chi connectivity index (χ4v) is 3.10. The molecule has 7 heteroatoms. The zero-order valence-electron chi connectivity index (χ0n) is 14.1. The number of aromatic nitrogens is 3. The van der Waals surface area contributed by atoms with E-state index >= 15 is 0 Å². The maximum absolute atomic E-state index is 14.0. The van der Waals surface area contributed by atoms with Gasteiger partial charge in [-0.2, -0.15) is 0 Å². The first kappa shape index (κ1) is 17.2. The van der Waals surface area contributed by atoms with Gasteiger partial charge in [0.05, 0.1) is 12.1 Å². The van der Waals surface area contributed by atoms with Gasteiger partial charge in [-0.15, -0.1) is 0 Å². The number of hydrogen-bond acceptors (Lipinski definition) is 3. The molecule has 3 aromatic rings. The van der Waals surface area contributed by atoms with E-state index in [-0.39, 0.29) is 16.3 Å². The molecular formula is C18H17ClFN3O2. The number of halogens is 2. The summed E-state index contributed by atoms with van der Waals surface area (Å²) in [6.07, 6.45) is 5.19. The van der Waals surface area contributed by atoms with Gasteiger partial charge in [-0.05, 0) is 30.7 Å². The molecule has 0 amide bonds. The summed E-state index contributed by atoms with van der Waals surface area (Å²) in [6.45, 7) is 2.15. The second-order valence-electron chi connectivity index (χ2n) is 5.80. The van der Waals surface area contributed by atoms with Gasteiger partial charge in [0, 0.05) is 43.3 Å². The molecule has 0 saturated heterocycles. The molecule has 0 saturated carbocycles. The van der Waals surface area contributed by atoms with Crippen molar-refractivity contribution in [3.8, 4) is 17.1 Å². The normalized spacial score (nSPS) is 10.9. The van der Waals surface area contributed by atoms with Crippen molar-refractivity contribution < 1.29 is 9.13 Å². The van der Waals surface area contributed by atoms with Crippen LogP contribution in [0.25, 0.3) is 11.4 Å². The lowest BCUT2D eigenvalue weighted by Crippen LogP contribution is -2.18. The van der Waals surface area contributed by atoms with E-state index in [1.165, 1.54) is 17.7 Å². The van der Waals surface area contributed by atoms with Crippen molar-refractivity contribution in [3.05, 3.63) is 69.1 Å². The highest BCUT2D eigenvalue weighted by molar-refractivity contribution is 6.32. The van der Waals surface area contributed by atoms with Crippen molar-refractivity contribution in [2.45, 2.75) is 13.5 Å². The predicted octanol–water partition coefficient (Wildman–Crippen LogP) is 3.41. The van der Waals surface area contributed by atoms with Crippen molar-refractivity contribution >= 4 is 11.6 Å². The summed E-state index contributed by atoms with van der Waals surface area (Å²) in [5.74, 6) is 0.209. The highest BCUT2D eigenvalue weighted by Gasteiger charge is 2.13. The highest BCUT2D eigenvalue weighted by atomic mass is 35.5. The third-order valence-corrected chi connectivity index (χ3v) is 4.23. The summed E-state index contributed by atoms with van der Waals surface area (Å²) in [6, 6.07) is 4.85. The third kappa shape index (κ3) is 3.30. The Bertz CT molecular complexity index is 945. The number of ether oxygens (including phenoxy) is 1. The van der Waals surface area contributed by atoms with Crippen molar-refractivity contribution in [3.63, 3.8) is 0 Å². The van der Waals surface area contributed by atoms with Crippen LogP contribution < -0.4 is 10.3 Å². The molecule has 0 radical (unpaired) electrons. The standard InChI is InChI=1S/C18H17ClFN3O2/c1-11-6-13(10-22(2)18(11)24)17-21-4-5-23(17)9-12-7-14(19)16(25-3)15(20)8-12/h4-8,10H,9H2,1-3H3. The molecule has 0 atom stereocenters. The molecule has 0 aliphatic heterocycles. The van der Waals surface area contributed by atoms with Crippen molar-refractivity contribution in [1.82, 2.24) is 14.1 Å². The molecule has 2 heterocycles. The first-order valence-corrected chi connectivity index (χ1v) is 7.99. The maximum Gasteiger partial charge on any atom is 0.253 e. The summed E-state index contributed by atoms with van der Waals surface area (Å²) < 4.78 is 22.4. The molecule has 0 spiro atoms. The van der Waals surface area contributed by atoms with Crippen LogP contribution in [-0.4, -0.2) is 21.2 Å². The predicted molar refractivity (Wildman–Crippen MR) is 94.7 cm³/mol. The van der Waals surface area contributed by atoms with Crippen molar-refractivity contribution in [1.29, 1.82) is 0 Å². The first-order chi connectivity index (χ1) is 11.9. The number of methoxy groups -OCH3 is 1. The van der Waals surface area contributed by atoms with E-state index in [0.29, 0.717) is 23.5 Å². The second-order valence-corrected chi connectivity index (χ2v) is 6.21. The Morgan fingerprint density at radius 3 is 2.72 bits per heavy atom. The lowest BCUT2D eigenvalue weighted by Gasteiger charge is -2.12. The summed E-state index contributed by atoms with van der Waals surface area (Å²) in [4.78, 5) is 16.2. The topological polar surface area (TPSA) is 49.1 Å². The molecule has 3 rings (SSSR count). The number of imidazole rings is 1. The molecule has 0 aliphatic carbocycles. The van der Waals surface area contributed by atoms with Crippen molar-refractivity contribution in [2.24, 2.45) is 7.05 Å². The summed E-state index contributed by atoms with van der Waals surface area (Å²) in [5, 5.41) is 0.220. The maximum atomic E-state index is 14.0. The Kier molecular flexibility index (Phi) is 4.63. The Balaban J connectivity index is 2.00. The van der Waals surface area contributed by atoms with Crippen LogP contribution in [0.3, 0.4) is 0 Å². The molecule has 0 fully saturated rings.